The van der Waals surface area contributed by atoms with Gasteiger partial charge in [0, 0.05) is 11.8 Å². The number of rotatable bonds is 2. The van der Waals surface area contributed by atoms with Crippen LogP contribution in [-0.2, 0) is 6.54 Å². The minimum absolute atomic E-state index is 0.188. The van der Waals surface area contributed by atoms with E-state index in [0.717, 1.165) is 0 Å². The topological polar surface area (TPSA) is 50.7 Å². The number of H-pyrrole nitrogens is 1. The number of halogens is 1. The Labute approximate surface area is 102 Å². The molecule has 0 aliphatic rings. The average molecular weight is 243 g/mol. The van der Waals surface area contributed by atoms with Gasteiger partial charge in [0.25, 0.3) is 5.56 Å². The van der Waals surface area contributed by atoms with Crippen molar-refractivity contribution in [3.05, 3.63) is 64.5 Å². The molecule has 0 fully saturated rings. The highest BCUT2D eigenvalue weighted by Crippen LogP contribution is 2.12. The summed E-state index contributed by atoms with van der Waals surface area (Å²) in [6.45, 7) is 0.305. The average Bonchev–Trinajstić information content (AvgIpc) is 2.77. The highest BCUT2D eigenvalue weighted by Gasteiger charge is 2.07. The van der Waals surface area contributed by atoms with Crippen LogP contribution in [0.1, 0.15) is 5.56 Å². The third kappa shape index (κ3) is 1.69. The van der Waals surface area contributed by atoms with E-state index in [1.165, 1.54) is 12.3 Å². The first-order valence-electron chi connectivity index (χ1n) is 5.52. The molecule has 0 aliphatic carbocycles. The quantitative estimate of drug-likeness (QED) is 0.747. The molecule has 0 spiro atoms. The summed E-state index contributed by atoms with van der Waals surface area (Å²) in [5.74, 6) is -0.272. The van der Waals surface area contributed by atoms with Crippen LogP contribution >= 0.6 is 0 Å². The van der Waals surface area contributed by atoms with E-state index in [4.69, 9.17) is 0 Å². The third-order valence-corrected chi connectivity index (χ3v) is 2.86. The van der Waals surface area contributed by atoms with E-state index in [0.29, 0.717) is 23.0 Å². The van der Waals surface area contributed by atoms with Gasteiger partial charge in [-0.2, -0.15) is 5.10 Å². The molecule has 0 bridgehead atoms. The maximum Gasteiger partial charge on any atom is 0.259 e. The maximum absolute atomic E-state index is 13.6. The molecule has 4 nitrogen and oxygen atoms in total. The van der Waals surface area contributed by atoms with Crippen LogP contribution in [0.25, 0.3) is 10.9 Å². The number of fused-ring (bicyclic) bond motifs is 1. The van der Waals surface area contributed by atoms with Crippen LogP contribution in [0.4, 0.5) is 4.39 Å². The number of aromatic amines is 1. The van der Waals surface area contributed by atoms with Gasteiger partial charge in [0.05, 0.1) is 23.6 Å². The van der Waals surface area contributed by atoms with Crippen LogP contribution < -0.4 is 5.56 Å². The Kier molecular flexibility index (Phi) is 2.44. The van der Waals surface area contributed by atoms with Crippen LogP contribution in [0.3, 0.4) is 0 Å². The smallest absolute Gasteiger partial charge is 0.259 e. The van der Waals surface area contributed by atoms with E-state index in [9.17, 15) is 9.18 Å². The molecule has 3 aromatic rings. The summed E-state index contributed by atoms with van der Waals surface area (Å²) in [5.41, 5.74) is 1.05. The van der Waals surface area contributed by atoms with E-state index in [-0.39, 0.29) is 11.4 Å². The first-order chi connectivity index (χ1) is 8.75. The Morgan fingerprint density at radius 3 is 2.94 bits per heavy atom. The molecule has 5 heteroatoms. The summed E-state index contributed by atoms with van der Waals surface area (Å²) in [6.07, 6.45) is 3.05. The van der Waals surface area contributed by atoms with Gasteiger partial charge >= 0.3 is 0 Å². The first-order valence-corrected chi connectivity index (χ1v) is 5.52. The Morgan fingerprint density at radius 2 is 2.11 bits per heavy atom. The maximum atomic E-state index is 13.6. The van der Waals surface area contributed by atoms with Crippen LogP contribution in [0.15, 0.2) is 47.5 Å². The number of nitrogens with one attached hydrogen (secondary N) is 1. The van der Waals surface area contributed by atoms with E-state index in [1.807, 2.05) is 0 Å². The minimum atomic E-state index is -0.272. The molecule has 1 aromatic carbocycles. The lowest BCUT2D eigenvalue weighted by Crippen LogP contribution is -2.06. The number of hydrogen-bond acceptors (Lipinski definition) is 2. The fraction of sp³-hybridized carbons (Fsp3) is 0.0769. The van der Waals surface area contributed by atoms with Crippen LogP contribution in [-0.4, -0.2) is 14.8 Å². The molecule has 90 valence electrons. The number of pyridine rings is 1. The summed E-state index contributed by atoms with van der Waals surface area (Å²) in [4.78, 5) is 14.1. The van der Waals surface area contributed by atoms with Crippen molar-refractivity contribution in [2.24, 2.45) is 0 Å². The number of hydrogen-bond donors (Lipinski definition) is 1. The molecular formula is C13H10FN3O. The molecule has 3 rings (SSSR count). The second-order valence-electron chi connectivity index (χ2n) is 4.00. The molecular weight excluding hydrogens is 233 g/mol. The van der Waals surface area contributed by atoms with Gasteiger partial charge in [-0.05, 0) is 12.1 Å². The summed E-state index contributed by atoms with van der Waals surface area (Å²) < 4.78 is 15.2. The Bertz CT molecular complexity index is 760. The van der Waals surface area contributed by atoms with Gasteiger partial charge in [-0.15, -0.1) is 0 Å². The second kappa shape index (κ2) is 4.10. The summed E-state index contributed by atoms with van der Waals surface area (Å²) in [6, 6.07) is 8.29. The summed E-state index contributed by atoms with van der Waals surface area (Å²) in [7, 11) is 0. The second-order valence-corrected chi connectivity index (χ2v) is 4.00. The fourth-order valence-corrected chi connectivity index (χ4v) is 1.93. The van der Waals surface area contributed by atoms with E-state index in [2.05, 4.69) is 10.1 Å². The Morgan fingerprint density at radius 1 is 1.28 bits per heavy atom. The molecule has 0 radical (unpaired) electrons. The molecule has 0 aliphatic heterocycles. The van der Waals surface area contributed by atoms with Crippen LogP contribution in [0.2, 0.25) is 0 Å². The van der Waals surface area contributed by atoms with Crippen molar-refractivity contribution in [3.63, 3.8) is 0 Å². The van der Waals surface area contributed by atoms with Gasteiger partial charge < -0.3 is 4.98 Å². The van der Waals surface area contributed by atoms with Crippen molar-refractivity contribution in [1.82, 2.24) is 14.8 Å². The fourth-order valence-electron chi connectivity index (χ4n) is 1.93. The lowest BCUT2D eigenvalue weighted by molar-refractivity contribution is 0.590. The van der Waals surface area contributed by atoms with Crippen molar-refractivity contribution in [2.45, 2.75) is 6.54 Å². The van der Waals surface area contributed by atoms with Crippen molar-refractivity contribution < 1.29 is 4.39 Å². The SMILES string of the molecule is O=c1[nH]ccc2c1cnn2Cc1ccccc1F. The van der Waals surface area contributed by atoms with Crippen molar-refractivity contribution >= 4 is 10.9 Å². The first kappa shape index (κ1) is 10.7. The molecule has 0 saturated carbocycles. The van der Waals surface area contributed by atoms with Gasteiger partial charge in [-0.25, -0.2) is 4.39 Å². The van der Waals surface area contributed by atoms with E-state index in [1.54, 1.807) is 35.1 Å². The number of nitrogens with zero attached hydrogens (tertiary/aromatic N) is 2. The van der Waals surface area contributed by atoms with Gasteiger partial charge in [-0.1, -0.05) is 18.2 Å². The largest absolute Gasteiger partial charge is 0.328 e. The predicted octanol–water partition coefficient (Wildman–Crippen LogP) is 1.91. The molecule has 0 amide bonds. The van der Waals surface area contributed by atoms with Crippen molar-refractivity contribution in [2.75, 3.05) is 0 Å². The molecule has 18 heavy (non-hydrogen) atoms. The molecule has 0 atom stereocenters. The zero-order valence-corrected chi connectivity index (χ0v) is 9.43. The van der Waals surface area contributed by atoms with Gasteiger partial charge in [0.2, 0.25) is 0 Å². The van der Waals surface area contributed by atoms with Gasteiger partial charge in [0.1, 0.15) is 5.82 Å². The zero-order chi connectivity index (χ0) is 12.5. The van der Waals surface area contributed by atoms with Crippen molar-refractivity contribution in [1.29, 1.82) is 0 Å². The standard InChI is InChI=1S/C13H10FN3O/c14-11-4-2-1-3-9(11)8-17-12-5-6-15-13(18)10(12)7-16-17/h1-7H,8H2,(H,15,18). The monoisotopic (exact) mass is 243 g/mol. The molecule has 2 heterocycles. The van der Waals surface area contributed by atoms with Crippen LogP contribution in [0, 0.1) is 5.82 Å². The van der Waals surface area contributed by atoms with E-state index < -0.39 is 0 Å². The molecule has 0 unspecified atom stereocenters. The van der Waals surface area contributed by atoms with E-state index >= 15 is 0 Å². The van der Waals surface area contributed by atoms with Gasteiger partial charge in [-0.3, -0.25) is 9.48 Å². The molecule has 0 saturated heterocycles. The number of benzene rings is 1. The van der Waals surface area contributed by atoms with Gasteiger partial charge in [0.15, 0.2) is 0 Å². The van der Waals surface area contributed by atoms with Crippen LogP contribution in [0.5, 0.6) is 0 Å². The van der Waals surface area contributed by atoms with Crippen molar-refractivity contribution in [3.8, 4) is 0 Å². The lowest BCUT2D eigenvalue weighted by Gasteiger charge is -2.04. The molecule has 1 N–H and O–H groups in total. The zero-order valence-electron chi connectivity index (χ0n) is 9.43. The Hall–Kier alpha value is -2.43. The number of aromatic nitrogens is 3. The predicted molar refractivity (Wildman–Crippen MR) is 65.9 cm³/mol. The minimum Gasteiger partial charge on any atom is -0.328 e. The third-order valence-electron chi connectivity index (χ3n) is 2.86. The highest BCUT2D eigenvalue weighted by molar-refractivity contribution is 5.77. The normalized spacial score (nSPS) is 10.9. The summed E-state index contributed by atoms with van der Waals surface area (Å²) in [5, 5.41) is 4.63. The summed E-state index contributed by atoms with van der Waals surface area (Å²) >= 11 is 0. The Balaban J connectivity index is 2.09. The highest BCUT2D eigenvalue weighted by atomic mass is 19.1. The molecule has 2 aromatic heterocycles. The lowest BCUT2D eigenvalue weighted by atomic mass is 10.2.